The van der Waals surface area contributed by atoms with Gasteiger partial charge in [-0.05, 0) is 31.3 Å². The minimum atomic E-state index is -0.862. The van der Waals surface area contributed by atoms with Crippen molar-refractivity contribution in [3.63, 3.8) is 0 Å². The fourth-order valence-corrected chi connectivity index (χ4v) is 3.23. The lowest BCUT2D eigenvalue weighted by Crippen LogP contribution is -2.21. The summed E-state index contributed by atoms with van der Waals surface area (Å²) in [6, 6.07) is 0. The molecule has 2 unspecified atom stereocenters. The van der Waals surface area contributed by atoms with Crippen LogP contribution in [0.25, 0.3) is 0 Å². The third-order valence-corrected chi connectivity index (χ3v) is 4.34. The molecule has 88 valence electrons. The van der Waals surface area contributed by atoms with Crippen LogP contribution in [0, 0.1) is 6.92 Å². The van der Waals surface area contributed by atoms with E-state index < -0.39 is 12.1 Å². The molecule has 1 aliphatic rings. The summed E-state index contributed by atoms with van der Waals surface area (Å²) in [5, 5.41) is 8.77. The van der Waals surface area contributed by atoms with Gasteiger partial charge in [-0.1, -0.05) is 11.8 Å². The van der Waals surface area contributed by atoms with Crippen molar-refractivity contribution in [1.29, 1.82) is 0 Å². The SMILES string of the molecule is Cc1nsc(SCC2CCC(C(=O)O)O2)n1. The Balaban J connectivity index is 1.77. The Hall–Kier alpha value is -0.660. The fourth-order valence-electron chi connectivity index (χ4n) is 1.51. The zero-order valence-corrected chi connectivity index (χ0v) is 10.4. The lowest BCUT2D eigenvalue weighted by atomic mass is 10.2. The van der Waals surface area contributed by atoms with Crippen LogP contribution in [0.5, 0.6) is 0 Å². The van der Waals surface area contributed by atoms with Gasteiger partial charge in [0.25, 0.3) is 0 Å². The lowest BCUT2D eigenvalue weighted by Gasteiger charge is -2.08. The number of aromatic nitrogens is 2. The van der Waals surface area contributed by atoms with Gasteiger partial charge in [0.1, 0.15) is 5.82 Å². The number of carbonyl (C=O) groups is 1. The molecule has 0 aliphatic carbocycles. The van der Waals surface area contributed by atoms with Gasteiger partial charge in [-0.2, -0.15) is 4.37 Å². The molecule has 0 spiro atoms. The number of ether oxygens (including phenoxy) is 1. The van der Waals surface area contributed by atoms with Gasteiger partial charge in [-0.15, -0.1) is 0 Å². The molecule has 16 heavy (non-hydrogen) atoms. The molecule has 0 saturated carbocycles. The summed E-state index contributed by atoms with van der Waals surface area (Å²) < 4.78 is 10.4. The predicted octanol–water partition coefficient (Wildman–Crippen LogP) is 1.57. The Morgan fingerprint density at radius 1 is 1.69 bits per heavy atom. The molecule has 1 N–H and O–H groups in total. The fraction of sp³-hybridized carbons (Fsp3) is 0.667. The molecule has 1 saturated heterocycles. The summed E-state index contributed by atoms with van der Waals surface area (Å²) in [5.74, 6) is 0.667. The largest absolute Gasteiger partial charge is 0.479 e. The van der Waals surface area contributed by atoms with Crippen molar-refractivity contribution in [3.8, 4) is 0 Å². The molecule has 1 aromatic heterocycles. The first-order valence-corrected chi connectivity index (χ1v) is 6.72. The van der Waals surface area contributed by atoms with Crippen molar-refractivity contribution in [3.05, 3.63) is 5.82 Å². The summed E-state index contributed by atoms with van der Waals surface area (Å²) >= 11 is 2.95. The van der Waals surface area contributed by atoms with Crippen molar-refractivity contribution in [2.75, 3.05) is 5.75 Å². The molecule has 5 nitrogen and oxygen atoms in total. The summed E-state index contributed by atoms with van der Waals surface area (Å²) in [5.41, 5.74) is 0. The third kappa shape index (κ3) is 2.93. The summed E-state index contributed by atoms with van der Waals surface area (Å²) in [4.78, 5) is 14.9. The van der Waals surface area contributed by atoms with Gasteiger partial charge < -0.3 is 9.84 Å². The van der Waals surface area contributed by atoms with Gasteiger partial charge in [-0.25, -0.2) is 9.78 Å². The van der Waals surface area contributed by atoms with Crippen LogP contribution in [0.2, 0.25) is 0 Å². The number of thioether (sulfide) groups is 1. The molecule has 0 amide bonds. The minimum absolute atomic E-state index is 0.0234. The summed E-state index contributed by atoms with van der Waals surface area (Å²) in [6.07, 6.45) is 0.814. The van der Waals surface area contributed by atoms with E-state index in [2.05, 4.69) is 9.36 Å². The number of carboxylic acid groups (broad SMARTS) is 1. The lowest BCUT2D eigenvalue weighted by molar-refractivity contribution is -0.148. The topological polar surface area (TPSA) is 72.3 Å². The molecule has 2 atom stereocenters. The zero-order chi connectivity index (χ0) is 11.5. The molecule has 7 heteroatoms. The van der Waals surface area contributed by atoms with Crippen LogP contribution in [0.15, 0.2) is 4.34 Å². The maximum atomic E-state index is 10.7. The Labute approximate surface area is 101 Å². The second kappa shape index (κ2) is 5.11. The molecule has 2 heterocycles. The summed E-state index contributed by atoms with van der Waals surface area (Å²) in [7, 11) is 0. The van der Waals surface area contributed by atoms with E-state index in [1.165, 1.54) is 11.5 Å². The Morgan fingerprint density at radius 2 is 2.50 bits per heavy atom. The van der Waals surface area contributed by atoms with Crippen LogP contribution in [0.4, 0.5) is 0 Å². The minimum Gasteiger partial charge on any atom is -0.479 e. The van der Waals surface area contributed by atoms with Crippen LogP contribution >= 0.6 is 23.3 Å². The van der Waals surface area contributed by atoms with E-state index in [0.29, 0.717) is 6.42 Å². The van der Waals surface area contributed by atoms with E-state index in [1.54, 1.807) is 11.8 Å². The normalized spacial score (nSPS) is 24.8. The number of hydrogen-bond donors (Lipinski definition) is 1. The van der Waals surface area contributed by atoms with E-state index in [4.69, 9.17) is 9.84 Å². The molecular formula is C9H12N2O3S2. The third-order valence-electron chi connectivity index (χ3n) is 2.28. The first-order chi connectivity index (χ1) is 7.65. The molecule has 1 fully saturated rings. The van der Waals surface area contributed by atoms with E-state index in [-0.39, 0.29) is 6.10 Å². The number of nitrogens with zero attached hydrogens (tertiary/aromatic N) is 2. The maximum absolute atomic E-state index is 10.7. The Morgan fingerprint density at radius 3 is 3.06 bits per heavy atom. The van der Waals surface area contributed by atoms with Crippen molar-refractivity contribution >= 4 is 29.3 Å². The molecule has 1 aromatic rings. The number of aliphatic carboxylic acids is 1. The average Bonchev–Trinajstić information content (AvgIpc) is 2.83. The highest BCUT2D eigenvalue weighted by molar-refractivity contribution is 8.00. The van der Waals surface area contributed by atoms with Gasteiger partial charge >= 0.3 is 5.97 Å². The first kappa shape index (κ1) is 11.8. The Kier molecular flexibility index (Phi) is 3.78. The number of aryl methyl sites for hydroxylation is 1. The smallest absolute Gasteiger partial charge is 0.332 e. The van der Waals surface area contributed by atoms with Crippen molar-refractivity contribution in [2.45, 2.75) is 36.3 Å². The highest BCUT2D eigenvalue weighted by Crippen LogP contribution is 2.27. The molecule has 0 aromatic carbocycles. The predicted molar refractivity (Wildman–Crippen MR) is 60.9 cm³/mol. The zero-order valence-electron chi connectivity index (χ0n) is 8.75. The van der Waals surface area contributed by atoms with E-state index >= 15 is 0 Å². The van der Waals surface area contributed by atoms with E-state index in [1.807, 2.05) is 6.92 Å². The molecule has 0 radical (unpaired) electrons. The second-order valence-corrected chi connectivity index (χ2v) is 5.60. The standard InChI is InChI=1S/C9H12N2O3S2/c1-5-10-9(16-11-5)15-4-6-2-3-7(14-6)8(12)13/h6-7H,2-4H2,1H3,(H,12,13). The first-order valence-electron chi connectivity index (χ1n) is 4.96. The molecule has 1 aliphatic heterocycles. The van der Waals surface area contributed by atoms with Gasteiger partial charge in [0.15, 0.2) is 10.4 Å². The maximum Gasteiger partial charge on any atom is 0.332 e. The van der Waals surface area contributed by atoms with Crippen molar-refractivity contribution < 1.29 is 14.6 Å². The van der Waals surface area contributed by atoms with Gasteiger partial charge in [0, 0.05) is 5.75 Å². The highest BCUT2D eigenvalue weighted by Gasteiger charge is 2.30. The molecule has 2 rings (SSSR count). The second-order valence-electron chi connectivity index (χ2n) is 3.58. The van der Waals surface area contributed by atoms with Crippen LogP contribution < -0.4 is 0 Å². The molecule has 0 bridgehead atoms. The van der Waals surface area contributed by atoms with Gasteiger partial charge in [-0.3, -0.25) is 0 Å². The number of hydrogen-bond acceptors (Lipinski definition) is 6. The number of carboxylic acids is 1. The average molecular weight is 260 g/mol. The molecular weight excluding hydrogens is 248 g/mol. The quantitative estimate of drug-likeness (QED) is 0.828. The van der Waals surface area contributed by atoms with Crippen molar-refractivity contribution in [2.24, 2.45) is 0 Å². The van der Waals surface area contributed by atoms with Crippen molar-refractivity contribution in [1.82, 2.24) is 9.36 Å². The van der Waals surface area contributed by atoms with E-state index in [9.17, 15) is 4.79 Å². The Bertz CT molecular complexity index is 383. The van der Waals surface area contributed by atoms with Gasteiger partial charge in [0.2, 0.25) is 0 Å². The number of rotatable bonds is 4. The van der Waals surface area contributed by atoms with Crippen LogP contribution in [0.1, 0.15) is 18.7 Å². The monoisotopic (exact) mass is 260 g/mol. The van der Waals surface area contributed by atoms with Crippen LogP contribution in [-0.4, -0.2) is 38.4 Å². The highest BCUT2D eigenvalue weighted by atomic mass is 32.2. The van der Waals surface area contributed by atoms with E-state index in [0.717, 1.165) is 22.3 Å². The summed E-state index contributed by atoms with van der Waals surface area (Å²) in [6.45, 7) is 1.85. The van der Waals surface area contributed by atoms with Crippen LogP contribution in [-0.2, 0) is 9.53 Å². The van der Waals surface area contributed by atoms with Gasteiger partial charge in [0.05, 0.1) is 6.10 Å². The van der Waals surface area contributed by atoms with Crippen LogP contribution in [0.3, 0.4) is 0 Å².